The third kappa shape index (κ3) is 5.66. The highest BCUT2D eigenvalue weighted by atomic mass is 28.3. The molecule has 6 heteroatoms. The van der Waals surface area contributed by atoms with Crippen molar-refractivity contribution in [3.63, 3.8) is 0 Å². The Hall–Kier alpha value is -1.66. The minimum absolute atomic E-state index is 0.0444. The van der Waals surface area contributed by atoms with E-state index >= 15 is 0 Å². The molecule has 1 saturated heterocycles. The molecule has 1 aliphatic rings. The molecular formula is C21H33NO4Si. The highest BCUT2D eigenvalue weighted by molar-refractivity contribution is 6.48. The third-order valence-corrected chi connectivity index (χ3v) is 6.13. The maximum Gasteiger partial charge on any atom is 0.412 e. The number of amides is 1. The minimum Gasteiger partial charge on any atom is -0.444 e. The first kappa shape index (κ1) is 21.6. The summed E-state index contributed by atoms with van der Waals surface area (Å²) in [6, 6.07) is 9.66. The van der Waals surface area contributed by atoms with E-state index in [0.717, 1.165) is 18.3 Å². The number of likely N-dealkylation sites (tertiary alicyclic amines) is 1. The van der Waals surface area contributed by atoms with Crippen molar-refractivity contribution in [2.45, 2.75) is 65.5 Å². The van der Waals surface area contributed by atoms with Gasteiger partial charge in [0, 0.05) is 19.4 Å². The SMILES string of the molecule is C[SiH](C)O[C@]1(CCC=O)C[C@H](C(C)(C)C)CN1C(=O)OCc1ccccc1. The van der Waals surface area contributed by atoms with Crippen LogP contribution in [-0.2, 0) is 20.6 Å². The smallest absolute Gasteiger partial charge is 0.412 e. The Morgan fingerprint density at radius 2 is 1.96 bits per heavy atom. The summed E-state index contributed by atoms with van der Waals surface area (Å²) in [5.41, 5.74) is 0.269. The molecule has 1 fully saturated rings. The van der Waals surface area contributed by atoms with E-state index in [9.17, 15) is 9.59 Å². The second-order valence-corrected chi connectivity index (χ2v) is 11.1. The van der Waals surface area contributed by atoms with Crippen molar-refractivity contribution >= 4 is 21.4 Å². The Bertz CT molecular complexity index is 629. The predicted molar refractivity (Wildman–Crippen MR) is 109 cm³/mol. The fourth-order valence-corrected chi connectivity index (χ4v) is 4.91. The number of nitrogens with zero attached hydrogens (tertiary/aromatic N) is 1. The van der Waals surface area contributed by atoms with Crippen molar-refractivity contribution in [3.05, 3.63) is 35.9 Å². The van der Waals surface area contributed by atoms with E-state index in [-0.39, 0.29) is 18.1 Å². The molecule has 0 bridgehead atoms. The Morgan fingerprint density at radius 1 is 1.30 bits per heavy atom. The maximum atomic E-state index is 13.0. The lowest BCUT2D eigenvalue weighted by Gasteiger charge is -2.39. The summed E-state index contributed by atoms with van der Waals surface area (Å²) >= 11 is 0. The normalized spacial score (nSPS) is 22.9. The van der Waals surface area contributed by atoms with Crippen LogP contribution in [0.15, 0.2) is 30.3 Å². The van der Waals surface area contributed by atoms with Crippen molar-refractivity contribution in [2.75, 3.05) is 6.54 Å². The van der Waals surface area contributed by atoms with Gasteiger partial charge < -0.3 is 14.0 Å². The largest absolute Gasteiger partial charge is 0.444 e. The van der Waals surface area contributed by atoms with Crippen molar-refractivity contribution in [1.82, 2.24) is 4.90 Å². The maximum absolute atomic E-state index is 13.0. The number of ether oxygens (including phenoxy) is 1. The summed E-state index contributed by atoms with van der Waals surface area (Å²) in [4.78, 5) is 25.8. The third-order valence-electron chi connectivity index (χ3n) is 5.22. The molecule has 27 heavy (non-hydrogen) atoms. The van der Waals surface area contributed by atoms with Gasteiger partial charge in [0.15, 0.2) is 9.04 Å². The van der Waals surface area contributed by atoms with Gasteiger partial charge in [-0.15, -0.1) is 0 Å². The van der Waals surface area contributed by atoms with Crippen LogP contribution in [0.1, 0.15) is 45.6 Å². The van der Waals surface area contributed by atoms with Gasteiger partial charge in [-0.3, -0.25) is 4.90 Å². The molecule has 2 atom stereocenters. The molecule has 1 heterocycles. The van der Waals surface area contributed by atoms with Crippen molar-refractivity contribution in [2.24, 2.45) is 11.3 Å². The summed E-state index contributed by atoms with van der Waals surface area (Å²) in [5, 5.41) is 0. The average molecular weight is 392 g/mol. The zero-order chi connectivity index (χ0) is 20.1. The van der Waals surface area contributed by atoms with E-state index in [1.807, 2.05) is 30.3 Å². The van der Waals surface area contributed by atoms with Gasteiger partial charge in [0.05, 0.1) is 0 Å². The highest BCUT2D eigenvalue weighted by Gasteiger charge is 2.52. The van der Waals surface area contributed by atoms with Crippen LogP contribution in [0.4, 0.5) is 4.79 Å². The molecule has 1 aromatic rings. The Kier molecular flexibility index (Phi) is 7.23. The van der Waals surface area contributed by atoms with Crippen LogP contribution >= 0.6 is 0 Å². The average Bonchev–Trinajstić information content (AvgIpc) is 2.98. The number of benzene rings is 1. The minimum atomic E-state index is -1.44. The van der Waals surface area contributed by atoms with Crippen LogP contribution < -0.4 is 0 Å². The zero-order valence-corrected chi connectivity index (χ0v) is 18.4. The molecule has 1 aromatic carbocycles. The first-order chi connectivity index (χ1) is 12.7. The van der Waals surface area contributed by atoms with Gasteiger partial charge in [0.25, 0.3) is 0 Å². The summed E-state index contributed by atoms with van der Waals surface area (Å²) in [6.07, 6.45) is 2.20. The van der Waals surface area contributed by atoms with Crippen LogP contribution in [0.3, 0.4) is 0 Å². The Labute approximate surface area is 164 Å². The highest BCUT2D eigenvalue weighted by Crippen LogP contribution is 2.45. The molecule has 2 rings (SSSR count). The molecule has 0 unspecified atom stereocenters. The van der Waals surface area contributed by atoms with E-state index in [1.54, 1.807) is 4.90 Å². The van der Waals surface area contributed by atoms with E-state index in [2.05, 4.69) is 33.9 Å². The molecule has 0 spiro atoms. The zero-order valence-electron chi connectivity index (χ0n) is 17.2. The van der Waals surface area contributed by atoms with Crippen LogP contribution in [0.25, 0.3) is 0 Å². The van der Waals surface area contributed by atoms with Crippen molar-refractivity contribution in [3.8, 4) is 0 Å². The number of rotatable bonds is 7. The lowest BCUT2D eigenvalue weighted by atomic mass is 9.78. The molecule has 0 N–H and O–H groups in total. The lowest BCUT2D eigenvalue weighted by molar-refractivity contribution is -0.111. The summed E-state index contributed by atoms with van der Waals surface area (Å²) in [5.74, 6) is 0.293. The van der Waals surface area contributed by atoms with Crippen molar-refractivity contribution in [1.29, 1.82) is 0 Å². The van der Waals surface area contributed by atoms with E-state index < -0.39 is 14.8 Å². The van der Waals surface area contributed by atoms with E-state index in [4.69, 9.17) is 9.16 Å². The van der Waals surface area contributed by atoms with Crippen LogP contribution in [0.5, 0.6) is 0 Å². The quantitative estimate of drug-likeness (QED) is 0.512. The molecule has 0 radical (unpaired) electrons. The number of aldehydes is 1. The molecular weight excluding hydrogens is 358 g/mol. The van der Waals surface area contributed by atoms with Crippen molar-refractivity contribution < 1.29 is 18.8 Å². The van der Waals surface area contributed by atoms with Gasteiger partial charge in [0.2, 0.25) is 0 Å². The van der Waals surface area contributed by atoms with Crippen LogP contribution in [0, 0.1) is 11.3 Å². The molecule has 1 aliphatic heterocycles. The summed E-state index contributed by atoms with van der Waals surface area (Å²) < 4.78 is 12.0. The Balaban J connectivity index is 2.23. The summed E-state index contributed by atoms with van der Waals surface area (Å²) in [6.45, 7) is 11.6. The molecule has 0 saturated carbocycles. The van der Waals surface area contributed by atoms with E-state index in [1.165, 1.54) is 0 Å². The van der Waals surface area contributed by atoms with Crippen LogP contribution in [0.2, 0.25) is 13.1 Å². The monoisotopic (exact) mass is 391 g/mol. The van der Waals surface area contributed by atoms with Gasteiger partial charge in [-0.25, -0.2) is 4.79 Å². The molecule has 150 valence electrons. The molecule has 1 amide bonds. The fourth-order valence-electron chi connectivity index (χ4n) is 3.70. The Morgan fingerprint density at radius 3 is 2.52 bits per heavy atom. The first-order valence-corrected chi connectivity index (χ1v) is 12.6. The molecule has 5 nitrogen and oxygen atoms in total. The number of hydrogen-bond donors (Lipinski definition) is 0. The second-order valence-electron chi connectivity index (χ2n) is 8.74. The van der Waals surface area contributed by atoms with Gasteiger partial charge in [0.1, 0.15) is 18.6 Å². The van der Waals surface area contributed by atoms with Gasteiger partial charge >= 0.3 is 6.09 Å². The van der Waals surface area contributed by atoms with Gasteiger partial charge in [-0.2, -0.15) is 0 Å². The lowest BCUT2D eigenvalue weighted by Crippen LogP contribution is -2.51. The molecule has 0 aromatic heterocycles. The van der Waals surface area contributed by atoms with Crippen LogP contribution in [-0.4, -0.2) is 38.6 Å². The number of carbonyl (C=O) groups is 2. The number of carbonyl (C=O) groups excluding carboxylic acids is 2. The molecule has 0 aliphatic carbocycles. The second kappa shape index (κ2) is 9.02. The standard InChI is InChI=1S/C21H33NO4Si/c1-20(2,3)18-14-21(12-9-13-23,26-27(4)5)22(15-18)19(24)25-16-17-10-7-6-8-11-17/h6-8,10-11,13,18,27H,9,12,14-16H2,1-5H3/t18-,21+/m0/s1. The number of hydrogen-bond acceptors (Lipinski definition) is 4. The topological polar surface area (TPSA) is 55.8 Å². The summed E-state index contributed by atoms with van der Waals surface area (Å²) in [7, 11) is -1.44. The van der Waals surface area contributed by atoms with E-state index in [0.29, 0.717) is 25.3 Å². The predicted octanol–water partition coefficient (Wildman–Crippen LogP) is 4.37. The first-order valence-electron chi connectivity index (χ1n) is 9.78. The fraction of sp³-hybridized carbons (Fsp3) is 0.619. The van der Waals surface area contributed by atoms with Gasteiger partial charge in [-0.05, 0) is 36.4 Å². The van der Waals surface area contributed by atoms with Gasteiger partial charge in [-0.1, -0.05) is 51.1 Å².